The number of primary sulfonamides is 1. The highest BCUT2D eigenvalue weighted by molar-refractivity contribution is 7.89. The van der Waals surface area contributed by atoms with E-state index in [9.17, 15) is 8.42 Å². The fourth-order valence-corrected chi connectivity index (χ4v) is 3.36. The molecule has 6 heteroatoms. The van der Waals surface area contributed by atoms with Crippen LogP contribution in [0.5, 0.6) is 0 Å². The van der Waals surface area contributed by atoms with Crippen LogP contribution in [0.2, 0.25) is 0 Å². The SMILES string of the molecule is CC1(C)CCCN(c2cccc(S(N)(=O)=O)c2N)C1. The molecule has 1 heterocycles. The van der Waals surface area contributed by atoms with Gasteiger partial charge in [0.2, 0.25) is 10.0 Å². The van der Waals surface area contributed by atoms with Crippen molar-refractivity contribution in [1.29, 1.82) is 0 Å². The summed E-state index contributed by atoms with van der Waals surface area (Å²) in [6.07, 6.45) is 2.24. The van der Waals surface area contributed by atoms with Crippen molar-refractivity contribution in [2.45, 2.75) is 31.6 Å². The summed E-state index contributed by atoms with van der Waals surface area (Å²) in [4.78, 5) is 2.15. The highest BCUT2D eigenvalue weighted by atomic mass is 32.2. The molecule has 0 radical (unpaired) electrons. The number of benzene rings is 1. The maximum absolute atomic E-state index is 11.5. The van der Waals surface area contributed by atoms with E-state index in [0.29, 0.717) is 0 Å². The van der Waals surface area contributed by atoms with Gasteiger partial charge in [0.05, 0.1) is 11.4 Å². The molecule has 0 aromatic heterocycles. The predicted molar refractivity (Wildman–Crippen MR) is 77.5 cm³/mol. The molecule has 106 valence electrons. The molecule has 4 N–H and O–H groups in total. The van der Waals surface area contributed by atoms with Gasteiger partial charge in [0, 0.05) is 13.1 Å². The van der Waals surface area contributed by atoms with Gasteiger partial charge in [-0.2, -0.15) is 0 Å². The zero-order chi connectivity index (χ0) is 14.3. The highest BCUT2D eigenvalue weighted by Gasteiger charge is 2.28. The summed E-state index contributed by atoms with van der Waals surface area (Å²) >= 11 is 0. The lowest BCUT2D eigenvalue weighted by Gasteiger charge is -2.40. The van der Waals surface area contributed by atoms with Gasteiger partial charge in [0.1, 0.15) is 4.90 Å². The number of nitrogens with zero attached hydrogens (tertiary/aromatic N) is 1. The molecule has 0 spiro atoms. The van der Waals surface area contributed by atoms with Crippen LogP contribution in [0.1, 0.15) is 26.7 Å². The summed E-state index contributed by atoms with van der Waals surface area (Å²) in [6.45, 7) is 6.17. The molecule has 0 aliphatic carbocycles. The van der Waals surface area contributed by atoms with Crippen LogP contribution >= 0.6 is 0 Å². The van der Waals surface area contributed by atoms with Crippen molar-refractivity contribution in [3.05, 3.63) is 18.2 Å². The minimum absolute atomic E-state index is 0.00776. The molecule has 0 saturated carbocycles. The average Bonchev–Trinajstić information content (AvgIpc) is 2.26. The summed E-state index contributed by atoms with van der Waals surface area (Å²) < 4.78 is 23.0. The molecular formula is C13H21N3O2S. The number of para-hydroxylation sites is 1. The minimum atomic E-state index is -3.78. The second-order valence-corrected chi connectivity index (χ2v) is 7.45. The summed E-state index contributed by atoms with van der Waals surface area (Å²) in [5.74, 6) is 0. The van der Waals surface area contributed by atoms with E-state index in [2.05, 4.69) is 18.7 Å². The second-order valence-electron chi connectivity index (χ2n) is 5.92. The van der Waals surface area contributed by atoms with Gasteiger partial charge in [-0.05, 0) is 30.4 Å². The molecule has 0 atom stereocenters. The molecule has 0 amide bonds. The third-order valence-corrected chi connectivity index (χ3v) is 4.56. The zero-order valence-corrected chi connectivity index (χ0v) is 12.2. The number of anilines is 2. The zero-order valence-electron chi connectivity index (χ0n) is 11.4. The van der Waals surface area contributed by atoms with Crippen LogP contribution in [-0.4, -0.2) is 21.5 Å². The molecule has 1 aromatic rings. The van der Waals surface area contributed by atoms with Crippen molar-refractivity contribution >= 4 is 21.4 Å². The number of hydrogen-bond acceptors (Lipinski definition) is 4. The number of sulfonamides is 1. The second kappa shape index (κ2) is 4.68. The number of hydrogen-bond donors (Lipinski definition) is 2. The van der Waals surface area contributed by atoms with Crippen LogP contribution in [0.15, 0.2) is 23.1 Å². The van der Waals surface area contributed by atoms with Gasteiger partial charge < -0.3 is 10.6 Å². The summed E-state index contributed by atoms with van der Waals surface area (Å²) in [5, 5.41) is 5.18. The van der Waals surface area contributed by atoms with Gasteiger partial charge in [0.15, 0.2) is 0 Å². The Morgan fingerprint density at radius 3 is 2.58 bits per heavy atom. The van der Waals surface area contributed by atoms with E-state index in [1.54, 1.807) is 6.07 Å². The Morgan fingerprint density at radius 1 is 1.32 bits per heavy atom. The molecule has 1 aromatic carbocycles. The molecular weight excluding hydrogens is 262 g/mol. The van der Waals surface area contributed by atoms with Crippen molar-refractivity contribution in [3.63, 3.8) is 0 Å². The van der Waals surface area contributed by atoms with Crippen molar-refractivity contribution in [2.75, 3.05) is 23.7 Å². The van der Waals surface area contributed by atoms with Gasteiger partial charge in [-0.15, -0.1) is 0 Å². The van der Waals surface area contributed by atoms with Crippen molar-refractivity contribution in [2.24, 2.45) is 10.6 Å². The minimum Gasteiger partial charge on any atom is -0.396 e. The summed E-state index contributed by atoms with van der Waals surface area (Å²) in [7, 11) is -3.78. The van der Waals surface area contributed by atoms with Gasteiger partial charge in [-0.25, -0.2) is 13.6 Å². The van der Waals surface area contributed by atoms with E-state index in [1.807, 2.05) is 6.07 Å². The Balaban J connectivity index is 2.41. The molecule has 0 bridgehead atoms. The molecule has 1 saturated heterocycles. The summed E-state index contributed by atoms with van der Waals surface area (Å²) in [5.41, 5.74) is 7.21. The lowest BCUT2D eigenvalue weighted by atomic mass is 9.84. The Hall–Kier alpha value is -1.27. The normalized spacial score (nSPS) is 19.4. The number of piperidine rings is 1. The quantitative estimate of drug-likeness (QED) is 0.806. The fourth-order valence-electron chi connectivity index (χ4n) is 2.69. The standard InChI is InChI=1S/C13H21N3O2S/c1-13(2)7-4-8-16(9-13)10-5-3-6-11(12(10)14)19(15,17)18/h3,5-6H,4,7-9,14H2,1-2H3,(H2,15,17,18). The monoisotopic (exact) mass is 283 g/mol. The van der Waals surface area contributed by atoms with E-state index < -0.39 is 10.0 Å². The van der Waals surface area contributed by atoms with Gasteiger partial charge in [-0.1, -0.05) is 19.9 Å². The maximum Gasteiger partial charge on any atom is 0.240 e. The van der Waals surface area contributed by atoms with Gasteiger partial charge in [0.25, 0.3) is 0 Å². The van der Waals surface area contributed by atoms with E-state index in [1.165, 1.54) is 6.07 Å². The predicted octanol–water partition coefficient (Wildman–Crippen LogP) is 1.54. The van der Waals surface area contributed by atoms with Crippen LogP contribution in [0, 0.1) is 5.41 Å². The van der Waals surface area contributed by atoms with E-state index in [-0.39, 0.29) is 16.0 Å². The number of nitrogens with two attached hydrogens (primary N) is 2. The average molecular weight is 283 g/mol. The van der Waals surface area contributed by atoms with E-state index in [0.717, 1.165) is 31.6 Å². The third kappa shape index (κ3) is 3.01. The van der Waals surface area contributed by atoms with Crippen molar-refractivity contribution < 1.29 is 8.42 Å². The molecule has 5 nitrogen and oxygen atoms in total. The van der Waals surface area contributed by atoms with Gasteiger partial charge >= 0.3 is 0 Å². The van der Waals surface area contributed by atoms with Gasteiger partial charge in [-0.3, -0.25) is 0 Å². The van der Waals surface area contributed by atoms with Crippen molar-refractivity contribution in [3.8, 4) is 0 Å². The van der Waals surface area contributed by atoms with Crippen LogP contribution in [0.3, 0.4) is 0 Å². The van der Waals surface area contributed by atoms with Crippen LogP contribution in [-0.2, 0) is 10.0 Å². The molecule has 1 aliphatic rings. The Kier molecular flexibility index (Phi) is 3.49. The largest absolute Gasteiger partial charge is 0.396 e. The smallest absolute Gasteiger partial charge is 0.240 e. The van der Waals surface area contributed by atoms with Crippen LogP contribution < -0.4 is 15.8 Å². The molecule has 1 fully saturated rings. The first-order valence-electron chi connectivity index (χ1n) is 6.37. The number of nitrogen functional groups attached to an aromatic ring is 1. The maximum atomic E-state index is 11.5. The van der Waals surface area contributed by atoms with Crippen LogP contribution in [0.4, 0.5) is 11.4 Å². The topological polar surface area (TPSA) is 89.4 Å². The Labute approximate surface area is 114 Å². The molecule has 2 rings (SSSR count). The van der Waals surface area contributed by atoms with E-state index >= 15 is 0 Å². The number of rotatable bonds is 2. The summed E-state index contributed by atoms with van der Waals surface area (Å²) in [6, 6.07) is 4.99. The Bertz CT molecular complexity index is 582. The lowest BCUT2D eigenvalue weighted by Crippen LogP contribution is -2.40. The Morgan fingerprint density at radius 2 is 2.00 bits per heavy atom. The first kappa shape index (κ1) is 14.1. The first-order valence-corrected chi connectivity index (χ1v) is 7.92. The fraction of sp³-hybridized carbons (Fsp3) is 0.538. The third-order valence-electron chi connectivity index (χ3n) is 3.59. The molecule has 19 heavy (non-hydrogen) atoms. The lowest BCUT2D eigenvalue weighted by molar-refractivity contribution is 0.293. The van der Waals surface area contributed by atoms with E-state index in [4.69, 9.17) is 10.9 Å². The van der Waals surface area contributed by atoms with Crippen LogP contribution in [0.25, 0.3) is 0 Å². The first-order chi connectivity index (χ1) is 8.71. The molecule has 0 unspecified atom stereocenters. The highest BCUT2D eigenvalue weighted by Crippen LogP contribution is 2.35. The van der Waals surface area contributed by atoms with Crippen molar-refractivity contribution in [1.82, 2.24) is 0 Å². The molecule has 1 aliphatic heterocycles.